The Hall–Kier alpha value is -3.76. The summed E-state index contributed by atoms with van der Waals surface area (Å²) in [5.41, 5.74) is 1.57. The standard InChI is InChI=1S/C24H33N5O5S.C2HF3O2/c1-27-12-14-29(15-13-27)24(30)18-4-6-21(28-10-8-25-9-11-28)20(16-18)26-35(31,32)19-5-7-22(33-2)23(17-19)34-3;3-2(4,5)1(6)7/h4-7,16-17,25-26H,8-15H2,1-3H3;(H,6,7). The molecule has 232 valence electrons. The van der Waals surface area contributed by atoms with Crippen LogP contribution in [-0.2, 0) is 14.8 Å². The summed E-state index contributed by atoms with van der Waals surface area (Å²) in [5, 5.41) is 10.4. The van der Waals surface area contributed by atoms with E-state index in [0.717, 1.165) is 45.0 Å². The summed E-state index contributed by atoms with van der Waals surface area (Å²) in [5.74, 6) is -2.10. The minimum absolute atomic E-state index is 0.0391. The minimum atomic E-state index is -5.08. The normalized spacial score (nSPS) is 16.2. The molecule has 2 fully saturated rings. The third kappa shape index (κ3) is 8.39. The van der Waals surface area contributed by atoms with Gasteiger partial charge in [-0.3, -0.25) is 9.52 Å². The first kappa shape index (κ1) is 32.8. The number of carbonyl (C=O) groups excluding carboxylic acids is 1. The molecule has 42 heavy (non-hydrogen) atoms. The molecule has 0 radical (unpaired) electrons. The molecule has 0 unspecified atom stereocenters. The number of piperazine rings is 2. The van der Waals surface area contributed by atoms with Crippen molar-refractivity contribution in [2.75, 3.05) is 83.2 Å². The zero-order valence-electron chi connectivity index (χ0n) is 23.4. The fraction of sp³-hybridized carbons (Fsp3) is 0.462. The molecule has 2 aliphatic heterocycles. The number of carbonyl (C=O) groups is 2. The number of aliphatic carboxylic acids is 1. The van der Waals surface area contributed by atoms with Gasteiger partial charge in [-0.2, -0.15) is 13.2 Å². The van der Waals surface area contributed by atoms with E-state index in [2.05, 4.69) is 19.8 Å². The van der Waals surface area contributed by atoms with Crippen molar-refractivity contribution in [3.8, 4) is 11.5 Å². The van der Waals surface area contributed by atoms with Crippen LogP contribution in [0.3, 0.4) is 0 Å². The van der Waals surface area contributed by atoms with Crippen LogP contribution in [0.25, 0.3) is 0 Å². The fourth-order valence-corrected chi connectivity index (χ4v) is 5.39. The topological polar surface area (TPSA) is 141 Å². The van der Waals surface area contributed by atoms with E-state index in [1.165, 1.54) is 26.4 Å². The van der Waals surface area contributed by atoms with E-state index in [1.54, 1.807) is 18.2 Å². The van der Waals surface area contributed by atoms with Gasteiger partial charge in [0.15, 0.2) is 11.5 Å². The number of methoxy groups -OCH3 is 2. The molecule has 3 N–H and O–H groups in total. The average Bonchev–Trinajstić information content (AvgIpc) is 2.96. The van der Waals surface area contributed by atoms with Crippen LogP contribution in [0.5, 0.6) is 11.5 Å². The molecule has 2 aromatic rings. The Bertz CT molecular complexity index is 1360. The molecule has 0 bridgehead atoms. The molecular formula is C26H34F3N5O7S. The van der Waals surface area contributed by atoms with Gasteiger partial charge in [-0.25, -0.2) is 13.2 Å². The molecule has 0 aliphatic carbocycles. The second kappa shape index (κ2) is 13.9. The van der Waals surface area contributed by atoms with Crippen LogP contribution in [0, 0.1) is 0 Å². The van der Waals surface area contributed by atoms with Crippen molar-refractivity contribution in [1.29, 1.82) is 0 Å². The monoisotopic (exact) mass is 617 g/mol. The summed E-state index contributed by atoms with van der Waals surface area (Å²) in [6.07, 6.45) is -5.08. The number of anilines is 2. The molecule has 12 nitrogen and oxygen atoms in total. The number of carboxylic acid groups (broad SMARTS) is 1. The molecule has 2 saturated heterocycles. The van der Waals surface area contributed by atoms with Crippen molar-refractivity contribution in [2.24, 2.45) is 0 Å². The van der Waals surface area contributed by atoms with Gasteiger partial charge in [0.2, 0.25) is 0 Å². The van der Waals surface area contributed by atoms with E-state index in [9.17, 15) is 26.4 Å². The van der Waals surface area contributed by atoms with Gasteiger partial charge >= 0.3 is 12.1 Å². The maximum Gasteiger partial charge on any atom is 0.490 e. The largest absolute Gasteiger partial charge is 0.493 e. The van der Waals surface area contributed by atoms with Gasteiger partial charge in [-0.15, -0.1) is 0 Å². The molecule has 4 rings (SSSR count). The molecule has 16 heteroatoms. The highest BCUT2D eigenvalue weighted by Crippen LogP contribution is 2.33. The maximum atomic E-state index is 13.4. The summed E-state index contributed by atoms with van der Waals surface area (Å²) < 4.78 is 71.7. The van der Waals surface area contributed by atoms with Crippen molar-refractivity contribution in [3.05, 3.63) is 42.0 Å². The molecule has 2 heterocycles. The Morgan fingerprint density at radius 3 is 2.07 bits per heavy atom. The van der Waals surface area contributed by atoms with Crippen LogP contribution in [-0.4, -0.2) is 115 Å². The van der Waals surface area contributed by atoms with Crippen molar-refractivity contribution < 1.29 is 45.8 Å². The van der Waals surface area contributed by atoms with Crippen molar-refractivity contribution in [3.63, 3.8) is 0 Å². The van der Waals surface area contributed by atoms with E-state index >= 15 is 0 Å². The second-order valence-corrected chi connectivity index (χ2v) is 11.2. The van der Waals surface area contributed by atoms with Crippen LogP contribution < -0.4 is 24.4 Å². The van der Waals surface area contributed by atoms with Crippen LogP contribution in [0.15, 0.2) is 41.3 Å². The first-order valence-corrected chi connectivity index (χ1v) is 14.4. The average molecular weight is 618 g/mol. The lowest BCUT2D eigenvalue weighted by molar-refractivity contribution is -0.192. The first-order valence-electron chi connectivity index (χ1n) is 12.9. The Morgan fingerprint density at radius 2 is 1.52 bits per heavy atom. The number of hydrogen-bond donors (Lipinski definition) is 3. The molecule has 1 amide bonds. The van der Waals surface area contributed by atoms with Crippen LogP contribution >= 0.6 is 0 Å². The Balaban J connectivity index is 0.000000616. The first-order chi connectivity index (χ1) is 19.8. The van der Waals surface area contributed by atoms with E-state index in [1.807, 2.05) is 18.0 Å². The van der Waals surface area contributed by atoms with Crippen LogP contribution in [0.1, 0.15) is 10.4 Å². The van der Waals surface area contributed by atoms with E-state index < -0.39 is 22.2 Å². The molecule has 0 saturated carbocycles. The van der Waals surface area contributed by atoms with Crippen molar-refractivity contribution in [1.82, 2.24) is 15.1 Å². The zero-order chi connectivity index (χ0) is 31.1. The number of carboxylic acids is 1. The summed E-state index contributed by atoms with van der Waals surface area (Å²) in [4.78, 5) is 28.3. The second-order valence-electron chi connectivity index (χ2n) is 9.49. The highest BCUT2D eigenvalue weighted by atomic mass is 32.2. The predicted octanol–water partition coefficient (Wildman–Crippen LogP) is 1.94. The lowest BCUT2D eigenvalue weighted by Crippen LogP contribution is -2.47. The third-order valence-corrected chi connectivity index (χ3v) is 8.01. The highest BCUT2D eigenvalue weighted by Gasteiger charge is 2.38. The lowest BCUT2D eigenvalue weighted by Gasteiger charge is -2.33. The highest BCUT2D eigenvalue weighted by molar-refractivity contribution is 7.92. The predicted molar refractivity (Wildman–Crippen MR) is 149 cm³/mol. The summed E-state index contributed by atoms with van der Waals surface area (Å²) in [6.45, 7) is 5.96. The smallest absolute Gasteiger partial charge is 0.490 e. The molecule has 0 aromatic heterocycles. The van der Waals surface area contributed by atoms with Gasteiger partial charge in [0.1, 0.15) is 0 Å². The molecule has 2 aliphatic rings. The number of ether oxygens (including phenoxy) is 2. The van der Waals surface area contributed by atoms with Crippen LogP contribution in [0.4, 0.5) is 24.5 Å². The number of rotatable bonds is 7. The molecular weight excluding hydrogens is 583 g/mol. The van der Waals surface area contributed by atoms with Gasteiger partial charge in [-0.05, 0) is 37.4 Å². The molecule has 2 aromatic carbocycles. The number of nitrogens with zero attached hydrogens (tertiary/aromatic N) is 3. The fourth-order valence-electron chi connectivity index (χ4n) is 4.31. The summed E-state index contributed by atoms with van der Waals surface area (Å²) in [6, 6.07) is 9.71. The summed E-state index contributed by atoms with van der Waals surface area (Å²) >= 11 is 0. The van der Waals surface area contributed by atoms with Gasteiger partial charge < -0.3 is 34.6 Å². The van der Waals surface area contributed by atoms with Gasteiger partial charge in [0.25, 0.3) is 15.9 Å². The number of amides is 1. The number of sulfonamides is 1. The van der Waals surface area contributed by atoms with Crippen molar-refractivity contribution in [2.45, 2.75) is 11.1 Å². The third-order valence-electron chi connectivity index (χ3n) is 6.64. The maximum absolute atomic E-state index is 13.4. The molecule has 0 atom stereocenters. The van der Waals surface area contributed by atoms with Crippen molar-refractivity contribution >= 4 is 33.3 Å². The number of likely N-dealkylation sites (N-methyl/N-ethyl adjacent to an activating group) is 1. The lowest BCUT2D eigenvalue weighted by atomic mass is 10.1. The van der Waals surface area contributed by atoms with Gasteiger partial charge in [0.05, 0.1) is 30.5 Å². The van der Waals surface area contributed by atoms with Crippen LogP contribution in [0.2, 0.25) is 0 Å². The number of benzene rings is 2. The van der Waals surface area contributed by atoms with E-state index in [4.69, 9.17) is 19.4 Å². The number of hydrogen-bond acceptors (Lipinski definition) is 9. The number of alkyl halides is 3. The Labute approximate surface area is 242 Å². The van der Waals surface area contributed by atoms with E-state index in [0.29, 0.717) is 35.8 Å². The number of nitrogens with one attached hydrogen (secondary N) is 2. The zero-order valence-corrected chi connectivity index (χ0v) is 24.2. The van der Waals surface area contributed by atoms with E-state index in [-0.39, 0.29) is 10.8 Å². The SMILES string of the molecule is COc1ccc(S(=O)(=O)Nc2cc(C(=O)N3CCN(C)CC3)ccc2N2CCNCC2)cc1OC.O=C(O)C(F)(F)F. The molecule has 0 spiro atoms. The summed E-state index contributed by atoms with van der Waals surface area (Å²) in [7, 11) is 1.02. The Kier molecular flexibility index (Phi) is 10.9. The van der Waals surface area contributed by atoms with Gasteiger partial charge in [-0.1, -0.05) is 0 Å². The quantitative estimate of drug-likeness (QED) is 0.422. The Morgan fingerprint density at radius 1 is 0.929 bits per heavy atom. The van der Waals surface area contributed by atoms with Gasteiger partial charge in [0, 0.05) is 64.0 Å². The minimum Gasteiger partial charge on any atom is -0.493 e. The number of halogens is 3.